The number of amides is 1. The number of ketones is 1. The van der Waals surface area contributed by atoms with Crippen LogP contribution >= 0.6 is 0 Å². The number of piperazine rings is 1. The van der Waals surface area contributed by atoms with Crippen molar-refractivity contribution >= 4 is 23.5 Å². The molecule has 29 heavy (non-hydrogen) atoms. The number of carbonyl (C=O) groups is 2. The van der Waals surface area contributed by atoms with E-state index < -0.39 is 0 Å². The van der Waals surface area contributed by atoms with Gasteiger partial charge in [-0.3, -0.25) is 19.4 Å². The number of anilines is 1. The number of hydrogen-bond donors (Lipinski definition) is 1. The number of Topliss-reactive ketones (excluding diaryl/α,β-unsaturated/α-hetero) is 1. The molecule has 3 rings (SSSR count). The normalized spacial score (nSPS) is 16.6. The van der Waals surface area contributed by atoms with Crippen molar-refractivity contribution in [3.63, 3.8) is 0 Å². The van der Waals surface area contributed by atoms with E-state index in [4.69, 9.17) is 0 Å². The van der Waals surface area contributed by atoms with Crippen LogP contribution in [0.25, 0.3) is 6.08 Å². The van der Waals surface area contributed by atoms with E-state index >= 15 is 0 Å². The highest BCUT2D eigenvalue weighted by Gasteiger charge is 2.25. The second-order valence-electron chi connectivity index (χ2n) is 7.45. The van der Waals surface area contributed by atoms with Gasteiger partial charge in [-0.2, -0.15) is 0 Å². The van der Waals surface area contributed by atoms with Crippen LogP contribution in [-0.4, -0.2) is 60.3 Å². The average Bonchev–Trinajstić information content (AvgIpc) is 2.75. The Morgan fingerprint density at radius 3 is 2.28 bits per heavy atom. The summed E-state index contributed by atoms with van der Waals surface area (Å²) in [6.07, 6.45) is 4.35. The molecule has 1 saturated heterocycles. The Morgan fingerprint density at radius 2 is 1.66 bits per heavy atom. The van der Waals surface area contributed by atoms with E-state index in [2.05, 4.69) is 39.4 Å². The zero-order valence-corrected chi connectivity index (χ0v) is 17.2. The highest BCUT2D eigenvalue weighted by atomic mass is 16.2. The van der Waals surface area contributed by atoms with Crippen molar-refractivity contribution in [3.05, 3.63) is 71.8 Å². The van der Waals surface area contributed by atoms with E-state index in [1.54, 1.807) is 24.3 Å². The van der Waals surface area contributed by atoms with Crippen LogP contribution in [0.15, 0.2) is 60.7 Å². The predicted molar refractivity (Wildman–Crippen MR) is 118 cm³/mol. The fourth-order valence-electron chi connectivity index (χ4n) is 3.44. The first kappa shape index (κ1) is 21.0. The van der Waals surface area contributed by atoms with E-state index in [0.717, 1.165) is 38.4 Å². The Balaban J connectivity index is 1.44. The fourth-order valence-corrected chi connectivity index (χ4v) is 3.44. The summed E-state index contributed by atoms with van der Waals surface area (Å²) in [5, 5.41) is 2.95. The zero-order valence-electron chi connectivity index (χ0n) is 17.2. The molecule has 1 aliphatic rings. The highest BCUT2D eigenvalue weighted by molar-refractivity contribution is 5.97. The van der Waals surface area contributed by atoms with E-state index in [9.17, 15) is 9.59 Å². The molecule has 1 amide bonds. The third-order valence-corrected chi connectivity index (χ3v) is 5.37. The minimum absolute atomic E-state index is 0.0157. The molecule has 0 saturated carbocycles. The molecule has 2 aromatic carbocycles. The summed E-state index contributed by atoms with van der Waals surface area (Å²) >= 11 is 0. The standard InChI is InChI=1S/C24H29N3O2/c1-19(24(29)25-23-12-10-22(11-13-23)20(2)28)27-17-15-26(16-18-27)14-6-9-21-7-4-3-5-8-21/h3-13,19H,14-18H2,1-2H3,(H,25,29). The molecule has 0 spiro atoms. The Labute approximate surface area is 173 Å². The highest BCUT2D eigenvalue weighted by Crippen LogP contribution is 2.13. The predicted octanol–water partition coefficient (Wildman–Crippen LogP) is 3.55. The van der Waals surface area contributed by atoms with Gasteiger partial charge >= 0.3 is 0 Å². The lowest BCUT2D eigenvalue weighted by molar-refractivity contribution is -0.121. The maximum atomic E-state index is 12.6. The van der Waals surface area contributed by atoms with Gasteiger partial charge in [0.05, 0.1) is 6.04 Å². The van der Waals surface area contributed by atoms with Crippen molar-refractivity contribution in [1.82, 2.24) is 9.80 Å². The molecule has 1 heterocycles. The first-order valence-electron chi connectivity index (χ1n) is 10.1. The Hall–Kier alpha value is -2.76. The molecular formula is C24H29N3O2. The summed E-state index contributed by atoms with van der Waals surface area (Å²) in [5.41, 5.74) is 2.58. The molecule has 0 bridgehead atoms. The van der Waals surface area contributed by atoms with Crippen LogP contribution in [0, 0.1) is 0 Å². The topological polar surface area (TPSA) is 52.7 Å². The molecule has 152 valence electrons. The summed E-state index contributed by atoms with van der Waals surface area (Å²) in [5.74, 6) is 0.00530. The first-order chi connectivity index (χ1) is 14.0. The maximum Gasteiger partial charge on any atom is 0.241 e. The van der Waals surface area contributed by atoms with Gasteiger partial charge in [-0.15, -0.1) is 0 Å². The van der Waals surface area contributed by atoms with Gasteiger partial charge in [0.25, 0.3) is 0 Å². The molecule has 5 heteroatoms. The minimum atomic E-state index is -0.190. The lowest BCUT2D eigenvalue weighted by Crippen LogP contribution is -2.52. The van der Waals surface area contributed by atoms with Crippen LogP contribution in [0.2, 0.25) is 0 Å². The molecule has 0 radical (unpaired) electrons. The van der Waals surface area contributed by atoms with Crippen molar-refractivity contribution in [2.45, 2.75) is 19.9 Å². The monoisotopic (exact) mass is 391 g/mol. The minimum Gasteiger partial charge on any atom is -0.325 e. The molecule has 0 aliphatic carbocycles. The van der Waals surface area contributed by atoms with Crippen LogP contribution in [-0.2, 0) is 4.79 Å². The summed E-state index contributed by atoms with van der Waals surface area (Å²) in [4.78, 5) is 28.6. The van der Waals surface area contributed by atoms with E-state index in [1.165, 1.54) is 12.5 Å². The lowest BCUT2D eigenvalue weighted by Gasteiger charge is -2.37. The molecule has 1 aliphatic heterocycles. The van der Waals surface area contributed by atoms with Gasteiger partial charge in [0, 0.05) is 44.0 Å². The number of benzene rings is 2. The molecule has 1 atom stereocenters. The van der Waals surface area contributed by atoms with Crippen LogP contribution < -0.4 is 5.32 Å². The van der Waals surface area contributed by atoms with E-state index in [-0.39, 0.29) is 17.7 Å². The Bertz CT molecular complexity index is 838. The fraction of sp³-hybridized carbons (Fsp3) is 0.333. The largest absolute Gasteiger partial charge is 0.325 e. The summed E-state index contributed by atoms with van der Waals surface area (Å²) in [7, 11) is 0. The molecule has 0 aromatic heterocycles. The van der Waals surface area contributed by atoms with Crippen LogP contribution in [0.4, 0.5) is 5.69 Å². The number of carbonyl (C=O) groups excluding carboxylic acids is 2. The second kappa shape index (κ2) is 10.1. The summed E-state index contributed by atoms with van der Waals surface area (Å²) in [6, 6.07) is 17.2. The molecule has 1 unspecified atom stereocenters. The van der Waals surface area contributed by atoms with Gasteiger partial charge in [0.1, 0.15) is 0 Å². The molecule has 2 aromatic rings. The van der Waals surface area contributed by atoms with Crippen molar-refractivity contribution in [3.8, 4) is 0 Å². The Morgan fingerprint density at radius 1 is 1.00 bits per heavy atom. The van der Waals surface area contributed by atoms with Crippen LogP contribution in [0.3, 0.4) is 0 Å². The molecular weight excluding hydrogens is 362 g/mol. The molecule has 1 fully saturated rings. The third-order valence-electron chi connectivity index (χ3n) is 5.37. The van der Waals surface area contributed by atoms with Gasteiger partial charge in [-0.1, -0.05) is 42.5 Å². The van der Waals surface area contributed by atoms with Gasteiger partial charge in [-0.25, -0.2) is 0 Å². The lowest BCUT2D eigenvalue weighted by atomic mass is 10.1. The van der Waals surface area contributed by atoms with E-state index in [1.807, 2.05) is 25.1 Å². The Kier molecular flexibility index (Phi) is 7.33. The molecule has 1 N–H and O–H groups in total. The van der Waals surface area contributed by atoms with Crippen LogP contribution in [0.1, 0.15) is 29.8 Å². The third kappa shape index (κ3) is 6.11. The SMILES string of the molecule is CC(=O)c1ccc(NC(=O)C(C)N2CCN(CC=Cc3ccccc3)CC2)cc1. The van der Waals surface area contributed by atoms with E-state index in [0.29, 0.717) is 5.56 Å². The second-order valence-corrected chi connectivity index (χ2v) is 7.45. The number of nitrogens with zero attached hydrogens (tertiary/aromatic N) is 2. The van der Waals surface area contributed by atoms with Crippen molar-refractivity contribution in [2.75, 3.05) is 38.0 Å². The quantitative estimate of drug-likeness (QED) is 0.734. The number of nitrogens with one attached hydrogen (secondary N) is 1. The molecule has 5 nitrogen and oxygen atoms in total. The first-order valence-corrected chi connectivity index (χ1v) is 10.1. The maximum absolute atomic E-state index is 12.6. The summed E-state index contributed by atoms with van der Waals surface area (Å²) in [6.45, 7) is 8.05. The average molecular weight is 392 g/mol. The van der Waals surface area contributed by atoms with Crippen molar-refractivity contribution in [1.29, 1.82) is 0 Å². The van der Waals surface area contributed by atoms with Crippen molar-refractivity contribution < 1.29 is 9.59 Å². The van der Waals surface area contributed by atoms with Crippen molar-refractivity contribution in [2.24, 2.45) is 0 Å². The van der Waals surface area contributed by atoms with Crippen LogP contribution in [0.5, 0.6) is 0 Å². The number of hydrogen-bond acceptors (Lipinski definition) is 4. The zero-order chi connectivity index (χ0) is 20.6. The van der Waals surface area contributed by atoms with Gasteiger partial charge < -0.3 is 5.32 Å². The van der Waals surface area contributed by atoms with Gasteiger partial charge in [0.2, 0.25) is 5.91 Å². The number of rotatable bonds is 7. The van der Waals surface area contributed by atoms with Gasteiger partial charge in [0.15, 0.2) is 5.78 Å². The smallest absolute Gasteiger partial charge is 0.241 e. The summed E-state index contributed by atoms with van der Waals surface area (Å²) < 4.78 is 0. The van der Waals surface area contributed by atoms with Gasteiger partial charge in [-0.05, 0) is 43.7 Å².